The number of benzene rings is 2. The number of aryl methyl sites for hydroxylation is 1. The van der Waals surface area contributed by atoms with Gasteiger partial charge in [0, 0.05) is 58.3 Å². The molecule has 2 aromatic carbocycles. The second-order valence-electron chi connectivity index (χ2n) is 10.0. The number of Topliss-reactive ketones (excluding diaryl/α,β-unsaturated/α-hetero) is 1. The Morgan fingerprint density at radius 2 is 1.70 bits per heavy atom. The van der Waals surface area contributed by atoms with Crippen molar-refractivity contribution in [3.05, 3.63) is 78.4 Å². The number of piperidine rings is 1. The molecule has 2 atom stereocenters. The van der Waals surface area contributed by atoms with E-state index in [1.807, 2.05) is 54.6 Å². The lowest BCUT2D eigenvalue weighted by Gasteiger charge is -2.35. The van der Waals surface area contributed by atoms with Gasteiger partial charge in [0.1, 0.15) is 0 Å². The number of rotatable bonds is 6. The van der Waals surface area contributed by atoms with Crippen molar-refractivity contribution in [3.63, 3.8) is 0 Å². The predicted octanol–water partition coefficient (Wildman–Crippen LogP) is 3.23. The van der Waals surface area contributed by atoms with E-state index in [0.717, 1.165) is 16.0 Å². The van der Waals surface area contributed by atoms with Gasteiger partial charge in [-0.15, -0.1) is 0 Å². The summed E-state index contributed by atoms with van der Waals surface area (Å²) in [6.45, 7) is 0.801. The number of carbonyl (C=O) groups excluding carboxylic acids is 4. The highest BCUT2D eigenvalue weighted by atomic mass is 16.2. The van der Waals surface area contributed by atoms with Crippen molar-refractivity contribution in [2.24, 2.45) is 13.0 Å². The number of nitrogens with zero attached hydrogens (tertiary/aromatic N) is 4. The maximum absolute atomic E-state index is 13.6. The Balaban J connectivity index is 1.39. The number of imide groups is 1. The third-order valence-corrected chi connectivity index (χ3v) is 7.73. The first-order chi connectivity index (χ1) is 17.8. The summed E-state index contributed by atoms with van der Waals surface area (Å²) in [6.07, 6.45) is 4.52. The predicted molar refractivity (Wildman–Crippen MR) is 137 cm³/mol. The van der Waals surface area contributed by atoms with Crippen LogP contribution in [0.5, 0.6) is 0 Å². The number of likely N-dealkylation sites (N-methyl/N-ethyl adjacent to an activating group) is 1. The van der Waals surface area contributed by atoms with Crippen molar-refractivity contribution < 1.29 is 19.2 Å². The van der Waals surface area contributed by atoms with Gasteiger partial charge >= 0.3 is 0 Å². The zero-order valence-corrected chi connectivity index (χ0v) is 21.1. The van der Waals surface area contributed by atoms with Crippen molar-refractivity contribution in [2.45, 2.75) is 31.1 Å². The maximum Gasteiger partial charge on any atom is 0.240 e. The molecule has 2 saturated heterocycles. The molecule has 190 valence electrons. The van der Waals surface area contributed by atoms with Gasteiger partial charge in [-0.25, -0.2) is 4.98 Å². The van der Waals surface area contributed by atoms with E-state index in [0.29, 0.717) is 30.8 Å². The van der Waals surface area contributed by atoms with Crippen LogP contribution >= 0.6 is 0 Å². The number of imidazole rings is 1. The van der Waals surface area contributed by atoms with Crippen LogP contribution < -0.4 is 0 Å². The second-order valence-corrected chi connectivity index (χ2v) is 10.0. The van der Waals surface area contributed by atoms with Gasteiger partial charge < -0.3 is 9.47 Å². The molecular weight excluding hydrogens is 468 g/mol. The number of hydrogen-bond donors (Lipinski definition) is 0. The van der Waals surface area contributed by atoms with Crippen LogP contribution in [0.1, 0.15) is 41.9 Å². The topological polar surface area (TPSA) is 92.6 Å². The van der Waals surface area contributed by atoms with Gasteiger partial charge in [0.15, 0.2) is 5.82 Å². The SMILES string of the molecule is CN1C(=O)C[C@@](CC(=O)N2CCC[C@H](C(=O)c3nccn3C)C2)(c2ccc(-c3ccccc3)cc2)C1=O. The summed E-state index contributed by atoms with van der Waals surface area (Å²) < 4.78 is 1.69. The Hall–Kier alpha value is -4.07. The molecule has 0 bridgehead atoms. The van der Waals surface area contributed by atoms with E-state index < -0.39 is 5.41 Å². The highest BCUT2D eigenvalue weighted by Crippen LogP contribution is 2.41. The molecular formula is C29H30N4O4. The van der Waals surface area contributed by atoms with Gasteiger partial charge in [0.25, 0.3) is 0 Å². The van der Waals surface area contributed by atoms with Crippen molar-refractivity contribution in [1.29, 1.82) is 0 Å². The minimum Gasteiger partial charge on any atom is -0.342 e. The smallest absolute Gasteiger partial charge is 0.240 e. The van der Waals surface area contributed by atoms with Crippen LogP contribution in [0.2, 0.25) is 0 Å². The van der Waals surface area contributed by atoms with Gasteiger partial charge in [-0.2, -0.15) is 0 Å². The number of aromatic nitrogens is 2. The Morgan fingerprint density at radius 1 is 1.00 bits per heavy atom. The molecule has 1 aromatic heterocycles. The molecule has 8 nitrogen and oxygen atoms in total. The van der Waals surface area contributed by atoms with Crippen LogP contribution in [-0.2, 0) is 26.8 Å². The molecule has 3 heterocycles. The quantitative estimate of drug-likeness (QED) is 0.384. The van der Waals surface area contributed by atoms with E-state index in [-0.39, 0.29) is 48.8 Å². The molecule has 3 aromatic rings. The van der Waals surface area contributed by atoms with E-state index in [9.17, 15) is 19.2 Å². The molecule has 0 aliphatic carbocycles. The Morgan fingerprint density at radius 3 is 2.32 bits per heavy atom. The van der Waals surface area contributed by atoms with Crippen LogP contribution in [-0.4, -0.2) is 63.0 Å². The Kier molecular flexibility index (Phi) is 6.50. The normalized spacial score (nSPS) is 21.9. The van der Waals surface area contributed by atoms with E-state index >= 15 is 0 Å². The monoisotopic (exact) mass is 498 g/mol. The van der Waals surface area contributed by atoms with Crippen molar-refractivity contribution in [1.82, 2.24) is 19.4 Å². The minimum atomic E-state index is -1.26. The van der Waals surface area contributed by atoms with Gasteiger partial charge in [-0.05, 0) is 29.5 Å². The summed E-state index contributed by atoms with van der Waals surface area (Å²) >= 11 is 0. The zero-order valence-electron chi connectivity index (χ0n) is 21.1. The van der Waals surface area contributed by atoms with E-state index in [1.54, 1.807) is 28.9 Å². The van der Waals surface area contributed by atoms with Gasteiger partial charge in [-0.1, -0.05) is 54.6 Å². The molecule has 3 amide bonds. The first-order valence-electron chi connectivity index (χ1n) is 12.6. The summed E-state index contributed by atoms with van der Waals surface area (Å²) in [4.78, 5) is 59.7. The number of hydrogen-bond acceptors (Lipinski definition) is 5. The standard InChI is InChI=1S/C29H30N4O4/c1-31-16-14-30-27(31)26(36)22-9-6-15-33(19-22)25(35)18-29(17-24(34)32(2)28(29)37)23-12-10-21(11-13-23)20-7-4-3-5-8-20/h3-5,7-8,10-14,16,22H,6,9,15,17-19H2,1-2H3/t22-,29+/m0/s1. The van der Waals surface area contributed by atoms with Gasteiger partial charge in [-0.3, -0.25) is 24.1 Å². The molecule has 0 N–H and O–H groups in total. The molecule has 2 aliphatic heterocycles. The average Bonchev–Trinajstić information content (AvgIpc) is 3.45. The van der Waals surface area contributed by atoms with Crippen molar-refractivity contribution in [3.8, 4) is 11.1 Å². The summed E-state index contributed by atoms with van der Waals surface area (Å²) in [6, 6.07) is 17.4. The molecule has 2 aliphatic rings. The Bertz CT molecular complexity index is 1350. The highest BCUT2D eigenvalue weighted by Gasteiger charge is 2.53. The molecule has 37 heavy (non-hydrogen) atoms. The van der Waals surface area contributed by atoms with Crippen LogP contribution in [0.4, 0.5) is 0 Å². The molecule has 2 fully saturated rings. The van der Waals surface area contributed by atoms with E-state index in [2.05, 4.69) is 4.98 Å². The Labute approximate surface area is 215 Å². The average molecular weight is 499 g/mol. The highest BCUT2D eigenvalue weighted by molar-refractivity contribution is 6.10. The fourth-order valence-corrected chi connectivity index (χ4v) is 5.54. The summed E-state index contributed by atoms with van der Waals surface area (Å²) in [7, 11) is 3.25. The molecule has 0 saturated carbocycles. The molecule has 0 unspecified atom stereocenters. The maximum atomic E-state index is 13.6. The fraction of sp³-hybridized carbons (Fsp3) is 0.345. The lowest BCUT2D eigenvalue weighted by atomic mass is 9.75. The number of carbonyl (C=O) groups is 4. The number of likely N-dealkylation sites (tertiary alicyclic amines) is 2. The van der Waals surface area contributed by atoms with Crippen LogP contribution in [0, 0.1) is 5.92 Å². The summed E-state index contributed by atoms with van der Waals surface area (Å²) in [5, 5.41) is 0. The van der Waals surface area contributed by atoms with E-state index in [1.165, 1.54) is 7.05 Å². The molecule has 8 heteroatoms. The molecule has 0 radical (unpaired) electrons. The van der Waals surface area contributed by atoms with Crippen LogP contribution in [0.15, 0.2) is 67.0 Å². The van der Waals surface area contributed by atoms with Gasteiger partial charge in [0.2, 0.25) is 23.5 Å². The second kappa shape index (κ2) is 9.76. The molecule has 0 spiro atoms. The summed E-state index contributed by atoms with van der Waals surface area (Å²) in [5.41, 5.74) is 1.43. The molecule has 5 rings (SSSR count). The first-order valence-corrected chi connectivity index (χ1v) is 12.6. The van der Waals surface area contributed by atoms with E-state index in [4.69, 9.17) is 0 Å². The largest absolute Gasteiger partial charge is 0.342 e. The minimum absolute atomic E-state index is 0.0533. The lowest BCUT2D eigenvalue weighted by Crippen LogP contribution is -2.47. The third kappa shape index (κ3) is 4.48. The fourth-order valence-electron chi connectivity index (χ4n) is 5.54. The lowest BCUT2D eigenvalue weighted by molar-refractivity contribution is -0.142. The van der Waals surface area contributed by atoms with Crippen LogP contribution in [0.3, 0.4) is 0 Å². The first kappa shape index (κ1) is 24.6. The zero-order chi connectivity index (χ0) is 26.2. The number of amides is 3. The van der Waals surface area contributed by atoms with Crippen LogP contribution in [0.25, 0.3) is 11.1 Å². The van der Waals surface area contributed by atoms with Crippen molar-refractivity contribution in [2.75, 3.05) is 20.1 Å². The number of ketones is 1. The van der Waals surface area contributed by atoms with Gasteiger partial charge in [0.05, 0.1) is 5.41 Å². The third-order valence-electron chi connectivity index (χ3n) is 7.73. The van der Waals surface area contributed by atoms with Crippen molar-refractivity contribution >= 4 is 23.5 Å². The summed E-state index contributed by atoms with van der Waals surface area (Å²) in [5.74, 6) is -0.928.